The maximum atomic E-state index is 12.7. The van der Waals surface area contributed by atoms with Crippen LogP contribution in [-0.2, 0) is 9.53 Å². The van der Waals surface area contributed by atoms with E-state index in [1.807, 2.05) is 37.3 Å². The number of para-hydroxylation sites is 1. The highest BCUT2D eigenvalue weighted by molar-refractivity contribution is 5.93. The second-order valence-electron chi connectivity index (χ2n) is 5.43. The van der Waals surface area contributed by atoms with Gasteiger partial charge in [0.1, 0.15) is 0 Å². The first-order valence-corrected chi connectivity index (χ1v) is 7.68. The van der Waals surface area contributed by atoms with Crippen LogP contribution in [0.3, 0.4) is 0 Å². The average molecular weight is 330 g/mol. The first kappa shape index (κ1) is 17.7. The summed E-state index contributed by atoms with van der Waals surface area (Å²) >= 11 is 0. The Labute approximate surface area is 133 Å². The molecular formula is C16H21F3N2O2. The van der Waals surface area contributed by atoms with Gasteiger partial charge in [-0.3, -0.25) is 9.69 Å². The number of benzene rings is 1. The van der Waals surface area contributed by atoms with Crippen molar-refractivity contribution < 1.29 is 22.7 Å². The SMILES string of the molecule is CCN(C(=O)CCN1CCO[C@@H](C(F)(F)F)C1)c1ccccc1. The third-order valence-corrected chi connectivity index (χ3v) is 3.84. The van der Waals surface area contributed by atoms with E-state index in [0.29, 0.717) is 19.6 Å². The molecule has 4 nitrogen and oxygen atoms in total. The highest BCUT2D eigenvalue weighted by Gasteiger charge is 2.43. The van der Waals surface area contributed by atoms with Crippen molar-refractivity contribution in [2.24, 2.45) is 0 Å². The fourth-order valence-electron chi connectivity index (χ4n) is 2.60. The molecule has 1 aliphatic heterocycles. The van der Waals surface area contributed by atoms with Crippen molar-refractivity contribution in [3.05, 3.63) is 30.3 Å². The summed E-state index contributed by atoms with van der Waals surface area (Å²) in [7, 11) is 0. The van der Waals surface area contributed by atoms with Gasteiger partial charge in [0, 0.05) is 38.3 Å². The molecule has 1 heterocycles. The number of rotatable bonds is 5. The van der Waals surface area contributed by atoms with Crippen LogP contribution in [0.15, 0.2) is 30.3 Å². The van der Waals surface area contributed by atoms with Gasteiger partial charge in [-0.1, -0.05) is 18.2 Å². The number of amides is 1. The van der Waals surface area contributed by atoms with Gasteiger partial charge in [0.25, 0.3) is 0 Å². The van der Waals surface area contributed by atoms with Crippen molar-refractivity contribution in [2.75, 3.05) is 37.7 Å². The molecule has 128 valence electrons. The summed E-state index contributed by atoms with van der Waals surface area (Å²) in [5, 5.41) is 0. The van der Waals surface area contributed by atoms with E-state index >= 15 is 0 Å². The van der Waals surface area contributed by atoms with Crippen LogP contribution in [-0.4, -0.2) is 55.9 Å². The molecule has 0 bridgehead atoms. The number of morpholine rings is 1. The zero-order chi connectivity index (χ0) is 16.9. The lowest BCUT2D eigenvalue weighted by Gasteiger charge is -2.34. The van der Waals surface area contributed by atoms with Crippen molar-refractivity contribution in [1.29, 1.82) is 0 Å². The maximum absolute atomic E-state index is 12.7. The molecule has 0 unspecified atom stereocenters. The number of nitrogens with zero attached hydrogens (tertiary/aromatic N) is 2. The van der Waals surface area contributed by atoms with Crippen LogP contribution in [0.4, 0.5) is 18.9 Å². The number of hydrogen-bond acceptors (Lipinski definition) is 3. The molecule has 1 aromatic rings. The smallest absolute Gasteiger partial charge is 0.366 e. The number of ether oxygens (including phenoxy) is 1. The Bertz CT molecular complexity index is 508. The molecule has 0 aliphatic carbocycles. The fraction of sp³-hybridized carbons (Fsp3) is 0.562. The molecule has 1 aliphatic rings. The van der Waals surface area contributed by atoms with Crippen molar-refractivity contribution in [1.82, 2.24) is 4.90 Å². The van der Waals surface area contributed by atoms with E-state index < -0.39 is 12.3 Å². The first-order chi connectivity index (χ1) is 10.9. The molecule has 0 aromatic heterocycles. The van der Waals surface area contributed by atoms with E-state index in [-0.39, 0.29) is 25.5 Å². The van der Waals surface area contributed by atoms with E-state index in [9.17, 15) is 18.0 Å². The van der Waals surface area contributed by atoms with Crippen LogP contribution in [0, 0.1) is 0 Å². The summed E-state index contributed by atoms with van der Waals surface area (Å²) in [5.41, 5.74) is 0.801. The molecule has 23 heavy (non-hydrogen) atoms. The predicted octanol–water partition coefficient (Wildman–Crippen LogP) is 2.69. The minimum atomic E-state index is -4.36. The Morgan fingerprint density at radius 2 is 2.04 bits per heavy atom. The molecule has 1 fully saturated rings. The maximum Gasteiger partial charge on any atom is 0.415 e. The third kappa shape index (κ3) is 4.94. The standard InChI is InChI=1S/C16H21F3N2O2/c1-2-21(13-6-4-3-5-7-13)15(22)8-9-20-10-11-23-14(12-20)16(17,18)19/h3-7,14H,2,8-12H2,1H3/t14-/m1/s1. The van der Waals surface area contributed by atoms with Crippen molar-refractivity contribution in [2.45, 2.75) is 25.6 Å². The van der Waals surface area contributed by atoms with Gasteiger partial charge >= 0.3 is 6.18 Å². The van der Waals surface area contributed by atoms with Crippen LogP contribution in [0.5, 0.6) is 0 Å². The Morgan fingerprint density at radius 1 is 1.35 bits per heavy atom. The second kappa shape index (κ2) is 7.79. The van der Waals surface area contributed by atoms with Crippen LogP contribution in [0.1, 0.15) is 13.3 Å². The number of carbonyl (C=O) groups is 1. The number of halogens is 3. The Hall–Kier alpha value is -1.60. The Balaban J connectivity index is 1.88. The van der Waals surface area contributed by atoms with Gasteiger partial charge in [-0.25, -0.2) is 0 Å². The van der Waals surface area contributed by atoms with E-state index in [1.54, 1.807) is 9.80 Å². The highest BCUT2D eigenvalue weighted by Crippen LogP contribution is 2.25. The zero-order valence-corrected chi connectivity index (χ0v) is 13.1. The molecule has 2 rings (SSSR count). The predicted molar refractivity (Wildman–Crippen MR) is 81.3 cm³/mol. The monoisotopic (exact) mass is 330 g/mol. The van der Waals surface area contributed by atoms with Gasteiger partial charge in [0.15, 0.2) is 6.10 Å². The number of anilines is 1. The number of hydrogen-bond donors (Lipinski definition) is 0. The molecule has 0 saturated carbocycles. The van der Waals surface area contributed by atoms with E-state index in [2.05, 4.69) is 0 Å². The van der Waals surface area contributed by atoms with Gasteiger partial charge in [-0.15, -0.1) is 0 Å². The topological polar surface area (TPSA) is 32.8 Å². The molecular weight excluding hydrogens is 309 g/mol. The van der Waals surface area contributed by atoms with Crippen molar-refractivity contribution in [3.63, 3.8) is 0 Å². The summed E-state index contributed by atoms with van der Waals surface area (Å²) in [5.74, 6) is -0.0891. The Kier molecular flexibility index (Phi) is 6.01. The quantitative estimate of drug-likeness (QED) is 0.832. The summed E-state index contributed by atoms with van der Waals surface area (Å²) in [6.45, 7) is 2.94. The van der Waals surface area contributed by atoms with Crippen LogP contribution in [0.2, 0.25) is 0 Å². The van der Waals surface area contributed by atoms with Crippen LogP contribution >= 0.6 is 0 Å². The van der Waals surface area contributed by atoms with Gasteiger partial charge in [0.05, 0.1) is 6.61 Å². The van der Waals surface area contributed by atoms with Gasteiger partial charge in [-0.05, 0) is 19.1 Å². The first-order valence-electron chi connectivity index (χ1n) is 7.68. The molecule has 0 spiro atoms. The zero-order valence-electron chi connectivity index (χ0n) is 13.1. The summed E-state index contributed by atoms with van der Waals surface area (Å²) in [4.78, 5) is 15.6. The molecule has 1 amide bonds. The minimum absolute atomic E-state index is 0.0363. The van der Waals surface area contributed by atoms with Gasteiger partial charge in [0.2, 0.25) is 5.91 Å². The summed E-state index contributed by atoms with van der Waals surface area (Å²) in [6.07, 6.45) is -5.93. The van der Waals surface area contributed by atoms with Crippen molar-refractivity contribution >= 4 is 11.6 Å². The molecule has 1 saturated heterocycles. The van der Waals surface area contributed by atoms with Crippen molar-refractivity contribution in [3.8, 4) is 0 Å². The summed E-state index contributed by atoms with van der Waals surface area (Å²) < 4.78 is 42.8. The van der Waals surface area contributed by atoms with Crippen LogP contribution < -0.4 is 4.90 Å². The lowest BCUT2D eigenvalue weighted by molar-refractivity contribution is -0.237. The minimum Gasteiger partial charge on any atom is -0.366 e. The molecule has 7 heteroatoms. The Morgan fingerprint density at radius 3 is 2.65 bits per heavy atom. The normalized spacial score (nSPS) is 19.6. The average Bonchev–Trinajstić information content (AvgIpc) is 2.54. The molecule has 0 radical (unpaired) electrons. The fourth-order valence-corrected chi connectivity index (χ4v) is 2.60. The summed E-state index contributed by atoms with van der Waals surface area (Å²) in [6, 6.07) is 9.25. The van der Waals surface area contributed by atoms with E-state index in [1.165, 1.54) is 0 Å². The molecule has 0 N–H and O–H groups in total. The van der Waals surface area contributed by atoms with Gasteiger partial charge in [-0.2, -0.15) is 13.2 Å². The lowest BCUT2D eigenvalue weighted by Crippen LogP contribution is -2.49. The third-order valence-electron chi connectivity index (χ3n) is 3.84. The molecule has 1 atom stereocenters. The second-order valence-corrected chi connectivity index (χ2v) is 5.43. The number of carbonyl (C=O) groups excluding carboxylic acids is 1. The molecule has 1 aromatic carbocycles. The van der Waals surface area contributed by atoms with E-state index in [4.69, 9.17) is 4.74 Å². The number of alkyl halides is 3. The van der Waals surface area contributed by atoms with E-state index in [0.717, 1.165) is 5.69 Å². The van der Waals surface area contributed by atoms with Gasteiger partial charge < -0.3 is 9.64 Å². The lowest BCUT2D eigenvalue weighted by atomic mass is 10.2. The largest absolute Gasteiger partial charge is 0.415 e. The van der Waals surface area contributed by atoms with Crippen LogP contribution in [0.25, 0.3) is 0 Å². The highest BCUT2D eigenvalue weighted by atomic mass is 19.4.